The van der Waals surface area contributed by atoms with Crippen molar-refractivity contribution in [3.05, 3.63) is 42.4 Å². The summed E-state index contributed by atoms with van der Waals surface area (Å²) in [7, 11) is -1.72. The fourth-order valence-corrected chi connectivity index (χ4v) is 7.75. The molecule has 0 unspecified atom stereocenters. The lowest BCUT2D eigenvalue weighted by Gasteiger charge is -2.26. The Morgan fingerprint density at radius 2 is 1.79 bits per heavy atom. The molecule has 2 aliphatic heterocycles. The molecule has 6 atom stereocenters. The number of allylic oxidation sites excluding steroid dienone is 1. The van der Waals surface area contributed by atoms with Gasteiger partial charge < -0.3 is 30.2 Å². The van der Waals surface area contributed by atoms with Gasteiger partial charge in [0.2, 0.25) is 39.7 Å². The van der Waals surface area contributed by atoms with Crippen molar-refractivity contribution < 1.29 is 63.6 Å². The average Bonchev–Trinajstić information content (AvgIpc) is 4.04. The Balaban J connectivity index is 0.000000649. The van der Waals surface area contributed by atoms with E-state index in [-0.39, 0.29) is 52.1 Å². The Bertz CT molecular complexity index is 1930. The lowest BCUT2D eigenvalue weighted by Crippen LogP contribution is -2.47. The number of alkyl halides is 3. The van der Waals surface area contributed by atoms with Gasteiger partial charge in [0.05, 0.1) is 30.5 Å². The maximum absolute atomic E-state index is 14.1. The van der Waals surface area contributed by atoms with Gasteiger partial charge in [-0.15, -0.1) is 0 Å². The number of methoxy groups -OCH3 is 1. The Labute approximate surface area is 333 Å². The van der Waals surface area contributed by atoms with Gasteiger partial charge in [0.25, 0.3) is 0 Å². The molecule has 0 bridgehead atoms. The van der Waals surface area contributed by atoms with Gasteiger partial charge in [-0.25, -0.2) is 22.6 Å². The molecule has 322 valence electrons. The van der Waals surface area contributed by atoms with Crippen LogP contribution in [0.15, 0.2) is 36.5 Å². The first-order valence-corrected chi connectivity index (χ1v) is 20.3. The number of rotatable bonds is 7. The van der Waals surface area contributed by atoms with Crippen LogP contribution in [0.2, 0.25) is 0 Å². The summed E-state index contributed by atoms with van der Waals surface area (Å²) in [5.41, 5.74) is 1.90. The van der Waals surface area contributed by atoms with Gasteiger partial charge in [0, 0.05) is 28.5 Å². The Kier molecular flexibility index (Phi) is 14.8. The number of hydrogen-bond donors (Lipinski definition) is 3. The molecule has 2 saturated carbocycles. The van der Waals surface area contributed by atoms with Crippen LogP contribution >= 0.6 is 0 Å². The van der Waals surface area contributed by atoms with Gasteiger partial charge in [-0.05, 0) is 88.3 Å². The highest BCUT2D eigenvalue weighted by atomic mass is 32.2. The molecule has 2 aliphatic carbocycles. The van der Waals surface area contributed by atoms with E-state index >= 15 is 0 Å². The van der Waals surface area contributed by atoms with Crippen molar-refractivity contribution in [1.29, 1.82) is 0 Å². The number of primary amides is 1. The second kappa shape index (κ2) is 18.7. The highest BCUT2D eigenvalue weighted by molar-refractivity contribution is 7.90. The van der Waals surface area contributed by atoms with E-state index in [1.807, 2.05) is 0 Å². The number of pyridine rings is 1. The maximum Gasteiger partial charge on any atom is 0.427 e. The Morgan fingerprint density at radius 1 is 1.09 bits per heavy atom. The lowest BCUT2D eigenvalue weighted by atomic mass is 9.91. The molecule has 4 aliphatic rings. The van der Waals surface area contributed by atoms with Gasteiger partial charge in [0.15, 0.2) is 0 Å². The molecule has 2 aromatic rings. The number of fused-ring (bicyclic) bond motifs is 3. The van der Waals surface area contributed by atoms with Crippen molar-refractivity contribution in [2.75, 3.05) is 13.7 Å². The molecule has 3 heterocycles. The van der Waals surface area contributed by atoms with E-state index in [1.54, 1.807) is 21.9 Å². The monoisotopic (exact) mass is 835 g/mol. The van der Waals surface area contributed by atoms with Gasteiger partial charge in [-0.3, -0.25) is 19.1 Å². The van der Waals surface area contributed by atoms with Crippen LogP contribution in [-0.2, 0) is 29.1 Å². The molecule has 1 saturated heterocycles. The molecule has 19 heteroatoms. The molecule has 1 aromatic heterocycles. The largest absolute Gasteiger partial charge is 0.494 e. The van der Waals surface area contributed by atoms with Crippen LogP contribution in [0, 0.1) is 23.6 Å². The van der Waals surface area contributed by atoms with Crippen molar-refractivity contribution in [1.82, 2.24) is 19.9 Å². The summed E-state index contributed by atoms with van der Waals surface area (Å²) in [5, 5.41) is 4.03. The highest BCUT2D eigenvalue weighted by Gasteiger charge is 2.50. The van der Waals surface area contributed by atoms with E-state index in [2.05, 4.69) is 46.8 Å². The third-order valence-electron chi connectivity index (χ3n) is 10.1. The van der Waals surface area contributed by atoms with E-state index < -0.39 is 45.9 Å². The van der Waals surface area contributed by atoms with Gasteiger partial charge in [-0.1, -0.05) is 26.0 Å². The fraction of sp³-hybridized carbons (Fsp3) is 0.605. The third-order valence-corrected chi connectivity index (χ3v) is 11.9. The van der Waals surface area contributed by atoms with Crippen LogP contribution < -0.4 is 25.2 Å². The number of benzene rings is 1. The summed E-state index contributed by atoms with van der Waals surface area (Å²) in [5.74, 6) is 1.36. The molecule has 0 spiro atoms. The van der Waals surface area contributed by atoms with Crippen LogP contribution in [0.3, 0.4) is 0 Å². The molecule has 57 heavy (non-hydrogen) atoms. The van der Waals surface area contributed by atoms with Crippen LogP contribution in [0.25, 0.3) is 10.8 Å². The molecule has 6 rings (SSSR count). The number of hydrogen-bond acceptors (Lipinski definition) is 10. The molecular weight excluding hydrogens is 779 g/mol. The summed E-state index contributed by atoms with van der Waals surface area (Å²) in [4.78, 5) is 52.4. The molecule has 14 nitrogen and oxygen atoms in total. The smallest absolute Gasteiger partial charge is 0.427 e. The molecule has 4 N–H and O–H groups in total. The zero-order chi connectivity index (χ0) is 42.3. The van der Waals surface area contributed by atoms with Crippen molar-refractivity contribution in [3.63, 3.8) is 0 Å². The van der Waals surface area contributed by atoms with Crippen LogP contribution in [-0.4, -0.2) is 91.5 Å². The second-order valence-corrected chi connectivity index (χ2v) is 17.4. The lowest BCUT2D eigenvalue weighted by molar-refractivity contribution is -0.243. The number of carbonyl (C=O) groups excluding carboxylic acids is 4. The minimum Gasteiger partial charge on any atom is -0.494 e. The van der Waals surface area contributed by atoms with Gasteiger partial charge in [-0.2, -0.15) is 13.2 Å². The topological polar surface area (TPSA) is 196 Å². The minimum atomic E-state index is -4.60. The maximum atomic E-state index is 14.1. The molecule has 0 radical (unpaired) electrons. The van der Waals surface area contributed by atoms with Gasteiger partial charge >= 0.3 is 12.3 Å². The summed E-state index contributed by atoms with van der Waals surface area (Å²) in [6.45, 7) is 6.08. The predicted molar refractivity (Wildman–Crippen MR) is 207 cm³/mol. The molecular formula is C38H57F4N5O9S. The molecule has 1 aromatic carbocycles. The Morgan fingerprint density at radius 3 is 2.39 bits per heavy atom. The van der Waals surface area contributed by atoms with E-state index in [4.69, 9.17) is 9.47 Å². The summed E-state index contributed by atoms with van der Waals surface area (Å²) in [6, 6.07) is 3.90. The predicted octanol–water partition coefficient (Wildman–Crippen LogP) is 6.02. The number of nitrogens with two attached hydrogens (primary N) is 1. The summed E-state index contributed by atoms with van der Waals surface area (Å²) < 4.78 is 88.2. The number of nitrogens with one attached hydrogen (secondary N) is 2. The third kappa shape index (κ3) is 12.7. The molecule has 4 amide bonds. The van der Waals surface area contributed by atoms with E-state index in [0.29, 0.717) is 54.0 Å². The quantitative estimate of drug-likeness (QED) is 0.169. The van der Waals surface area contributed by atoms with Crippen molar-refractivity contribution in [2.45, 2.75) is 114 Å². The first-order chi connectivity index (χ1) is 26.6. The van der Waals surface area contributed by atoms with Gasteiger partial charge in [0.1, 0.15) is 23.7 Å². The zero-order valence-electron chi connectivity index (χ0n) is 32.5. The first-order valence-electron chi connectivity index (χ1n) is 18.7. The normalized spacial score (nSPS) is 25.9. The number of sulfonamides is 1. The van der Waals surface area contributed by atoms with E-state index in [9.17, 15) is 45.2 Å². The van der Waals surface area contributed by atoms with Crippen molar-refractivity contribution >= 4 is 45.1 Å². The minimum absolute atomic E-state index is 0. The van der Waals surface area contributed by atoms with E-state index in [0.717, 1.165) is 39.5 Å². The number of halogens is 4. The number of nitrogens with zero attached hydrogens (tertiary/aromatic N) is 2. The van der Waals surface area contributed by atoms with Crippen LogP contribution in [0.5, 0.6) is 11.6 Å². The standard InChI is InChI=1S/C29H36FN3O4.C5H8F3NO2.C4H7NO3S.3H2/c1-17-6-4-5-7-19-12-24(19)32-28(35)25-14-21(16-33(25)27(34)11-18(2)10-17)37-29-23-13-20(30)8-9-22(23)26(36-3)15-31-29;1-4(2,5(6,7)8)11-3(9)10;6-3-5-9(7,8)4-1-2-4;;;/h5,7-9,13,15,17-19,21,24-25H,4,6,10-12,14,16H2,1-3H3,(H,32,35);1-2H3,(H2,9,10);3-4H,1-2H2,(H,5,6);3*1H/b7-5-;;;;;/t17-,18-,19-,21-,24-,25+;;;;;/m1...../s1. The van der Waals surface area contributed by atoms with Crippen molar-refractivity contribution in [2.24, 2.45) is 23.5 Å². The highest BCUT2D eigenvalue weighted by Crippen LogP contribution is 2.36. The van der Waals surface area contributed by atoms with E-state index in [1.165, 1.54) is 19.2 Å². The number of ether oxygens (including phenoxy) is 3. The second-order valence-electron chi connectivity index (χ2n) is 15.4. The fourth-order valence-electron chi connectivity index (χ4n) is 6.66. The zero-order valence-corrected chi connectivity index (χ0v) is 33.3. The SMILES string of the molecule is CC(C)(OC(N)=O)C(F)(F)F.COc1cnc(O[C@@H]2C[C@H]3C(=O)N[C@@H]4C[C@H]4/C=C\CC[C@@H](C)C[C@@H](C)CC(=O)N3C2)c2cc(F)ccc12.O=CNS(=O)(=O)C1CC1.[HH].[HH].[HH]. The summed E-state index contributed by atoms with van der Waals surface area (Å²) in [6.07, 6.45) is 5.92. The Hall–Kier alpha value is -4.68. The van der Waals surface area contributed by atoms with Crippen LogP contribution in [0.1, 0.15) is 83.3 Å². The number of aromatic nitrogens is 1. The average molecular weight is 836 g/mol. The van der Waals surface area contributed by atoms with Crippen LogP contribution in [0.4, 0.5) is 22.4 Å². The van der Waals surface area contributed by atoms with Crippen molar-refractivity contribution in [3.8, 4) is 11.6 Å². The summed E-state index contributed by atoms with van der Waals surface area (Å²) >= 11 is 0. The first kappa shape index (κ1) is 45.0. The number of amides is 4. The number of carbonyl (C=O) groups is 4. The molecule has 3 fully saturated rings.